The molecule has 3 aromatic carbocycles. The molecular weight excluding hydrogens is 283 g/mol. The predicted octanol–water partition coefficient (Wildman–Crippen LogP) is 4.26. The standard InChI is InChI=1S/C18H13FO3/c19-15-7-6-13-8-14(18(20)21)9-17(16(13)10-15)22-11-12-4-2-1-3-5-12/h1-10H,11H2,(H,20,21). The van der Waals surface area contributed by atoms with Crippen molar-refractivity contribution in [3.05, 3.63) is 77.6 Å². The minimum atomic E-state index is -1.05. The number of rotatable bonds is 4. The van der Waals surface area contributed by atoms with E-state index in [0.717, 1.165) is 5.56 Å². The smallest absolute Gasteiger partial charge is 0.335 e. The zero-order valence-electron chi connectivity index (χ0n) is 11.6. The van der Waals surface area contributed by atoms with E-state index >= 15 is 0 Å². The van der Waals surface area contributed by atoms with Gasteiger partial charge in [-0.3, -0.25) is 0 Å². The molecule has 1 N–H and O–H groups in total. The number of ether oxygens (including phenoxy) is 1. The fraction of sp³-hybridized carbons (Fsp3) is 0.0556. The molecule has 0 aliphatic heterocycles. The second-order valence-corrected chi connectivity index (χ2v) is 4.92. The number of hydrogen-bond acceptors (Lipinski definition) is 2. The molecule has 3 rings (SSSR count). The maximum atomic E-state index is 13.5. The molecule has 110 valence electrons. The van der Waals surface area contributed by atoms with Crippen molar-refractivity contribution in [3.8, 4) is 5.75 Å². The number of aromatic carboxylic acids is 1. The molecule has 0 saturated heterocycles. The van der Waals surface area contributed by atoms with Gasteiger partial charge in [-0.1, -0.05) is 36.4 Å². The van der Waals surface area contributed by atoms with Gasteiger partial charge in [-0.25, -0.2) is 9.18 Å². The third-order valence-corrected chi connectivity index (χ3v) is 3.36. The number of carboxylic acid groups (broad SMARTS) is 1. The number of hydrogen-bond donors (Lipinski definition) is 1. The molecule has 0 fully saturated rings. The molecule has 0 saturated carbocycles. The monoisotopic (exact) mass is 296 g/mol. The van der Waals surface area contributed by atoms with Gasteiger partial charge in [0.1, 0.15) is 18.2 Å². The summed E-state index contributed by atoms with van der Waals surface area (Å²) >= 11 is 0. The lowest BCUT2D eigenvalue weighted by Crippen LogP contribution is -2.00. The van der Waals surface area contributed by atoms with E-state index in [-0.39, 0.29) is 18.0 Å². The largest absolute Gasteiger partial charge is 0.488 e. The topological polar surface area (TPSA) is 46.5 Å². The Morgan fingerprint density at radius 1 is 1.05 bits per heavy atom. The Kier molecular flexibility index (Phi) is 3.74. The molecule has 0 heterocycles. The summed E-state index contributed by atoms with van der Waals surface area (Å²) in [6, 6.07) is 16.6. The Hall–Kier alpha value is -2.88. The third kappa shape index (κ3) is 2.91. The number of halogens is 1. The summed E-state index contributed by atoms with van der Waals surface area (Å²) in [7, 11) is 0. The molecule has 0 atom stereocenters. The predicted molar refractivity (Wildman–Crippen MR) is 81.6 cm³/mol. The van der Waals surface area contributed by atoms with Crippen LogP contribution in [0.4, 0.5) is 4.39 Å². The summed E-state index contributed by atoms with van der Waals surface area (Å²) in [5.74, 6) is -1.07. The van der Waals surface area contributed by atoms with E-state index in [1.807, 2.05) is 30.3 Å². The van der Waals surface area contributed by atoms with Gasteiger partial charge in [0.25, 0.3) is 0 Å². The van der Waals surface area contributed by atoms with Crippen LogP contribution in [0.25, 0.3) is 10.8 Å². The highest BCUT2D eigenvalue weighted by Gasteiger charge is 2.11. The van der Waals surface area contributed by atoms with Gasteiger partial charge in [0, 0.05) is 5.39 Å². The molecular formula is C18H13FO3. The number of carbonyl (C=O) groups is 1. The molecule has 3 nitrogen and oxygen atoms in total. The minimum absolute atomic E-state index is 0.113. The van der Waals surface area contributed by atoms with Crippen LogP contribution < -0.4 is 4.74 Å². The van der Waals surface area contributed by atoms with Crippen molar-refractivity contribution < 1.29 is 19.0 Å². The zero-order valence-corrected chi connectivity index (χ0v) is 11.6. The first kappa shape index (κ1) is 14.1. The Bertz CT molecular complexity index is 828. The lowest BCUT2D eigenvalue weighted by atomic mass is 10.1. The Balaban J connectivity index is 2.02. The van der Waals surface area contributed by atoms with Crippen molar-refractivity contribution in [1.29, 1.82) is 0 Å². The van der Waals surface area contributed by atoms with Crippen molar-refractivity contribution in [2.45, 2.75) is 6.61 Å². The first-order valence-electron chi connectivity index (χ1n) is 6.77. The van der Waals surface area contributed by atoms with Gasteiger partial charge in [-0.2, -0.15) is 0 Å². The molecule has 3 aromatic rings. The normalized spacial score (nSPS) is 10.6. The summed E-state index contributed by atoms with van der Waals surface area (Å²) < 4.78 is 19.2. The Labute approximate surface area is 126 Å². The summed E-state index contributed by atoms with van der Waals surface area (Å²) in [6.07, 6.45) is 0. The van der Waals surface area contributed by atoms with Crippen LogP contribution in [0.2, 0.25) is 0 Å². The highest BCUT2D eigenvalue weighted by Crippen LogP contribution is 2.29. The van der Waals surface area contributed by atoms with Crippen molar-refractivity contribution in [3.63, 3.8) is 0 Å². The Morgan fingerprint density at radius 3 is 2.55 bits per heavy atom. The molecule has 0 amide bonds. The fourth-order valence-corrected chi connectivity index (χ4v) is 2.27. The quantitative estimate of drug-likeness (QED) is 0.782. The van der Waals surface area contributed by atoms with Crippen LogP contribution >= 0.6 is 0 Å². The van der Waals surface area contributed by atoms with Crippen molar-refractivity contribution >= 4 is 16.7 Å². The average Bonchev–Trinajstić information content (AvgIpc) is 2.53. The Morgan fingerprint density at radius 2 is 1.82 bits per heavy atom. The molecule has 0 aromatic heterocycles. The first-order valence-corrected chi connectivity index (χ1v) is 6.77. The van der Waals surface area contributed by atoms with Crippen molar-refractivity contribution in [2.75, 3.05) is 0 Å². The van der Waals surface area contributed by atoms with Crippen LogP contribution in [0.15, 0.2) is 60.7 Å². The zero-order chi connectivity index (χ0) is 15.5. The van der Waals surface area contributed by atoms with E-state index < -0.39 is 5.97 Å². The molecule has 0 aliphatic rings. The van der Waals surface area contributed by atoms with Crippen LogP contribution in [0.3, 0.4) is 0 Å². The highest BCUT2D eigenvalue weighted by molar-refractivity contribution is 5.97. The van der Waals surface area contributed by atoms with E-state index in [2.05, 4.69) is 0 Å². The number of benzene rings is 3. The molecule has 4 heteroatoms. The molecule has 0 bridgehead atoms. The van der Waals surface area contributed by atoms with Crippen molar-refractivity contribution in [2.24, 2.45) is 0 Å². The third-order valence-electron chi connectivity index (χ3n) is 3.36. The summed E-state index contributed by atoms with van der Waals surface area (Å²) in [5.41, 5.74) is 1.06. The lowest BCUT2D eigenvalue weighted by molar-refractivity contribution is 0.0696. The first-order chi connectivity index (χ1) is 10.6. The van der Waals surface area contributed by atoms with Gasteiger partial charge in [0.05, 0.1) is 5.56 Å². The molecule has 22 heavy (non-hydrogen) atoms. The maximum Gasteiger partial charge on any atom is 0.335 e. The van der Waals surface area contributed by atoms with Gasteiger partial charge in [0.2, 0.25) is 0 Å². The minimum Gasteiger partial charge on any atom is -0.488 e. The van der Waals surface area contributed by atoms with Gasteiger partial charge < -0.3 is 9.84 Å². The summed E-state index contributed by atoms with van der Waals surface area (Å²) in [5, 5.41) is 10.4. The van der Waals surface area contributed by atoms with Gasteiger partial charge in [-0.05, 0) is 35.2 Å². The highest BCUT2D eigenvalue weighted by atomic mass is 19.1. The lowest BCUT2D eigenvalue weighted by Gasteiger charge is -2.11. The van der Waals surface area contributed by atoms with Crippen LogP contribution in [-0.2, 0) is 6.61 Å². The SMILES string of the molecule is O=C(O)c1cc(OCc2ccccc2)c2cc(F)ccc2c1. The fourth-order valence-electron chi connectivity index (χ4n) is 2.27. The maximum absolute atomic E-state index is 13.5. The van der Waals surface area contributed by atoms with Gasteiger partial charge in [0.15, 0.2) is 0 Å². The van der Waals surface area contributed by atoms with Gasteiger partial charge >= 0.3 is 5.97 Å². The number of carboxylic acids is 1. The molecule has 0 unspecified atom stereocenters. The van der Waals surface area contributed by atoms with E-state index in [9.17, 15) is 14.3 Å². The van der Waals surface area contributed by atoms with Crippen molar-refractivity contribution in [1.82, 2.24) is 0 Å². The second-order valence-electron chi connectivity index (χ2n) is 4.92. The molecule has 0 spiro atoms. The second kappa shape index (κ2) is 5.85. The summed E-state index contributed by atoms with van der Waals surface area (Å²) in [4.78, 5) is 11.2. The van der Waals surface area contributed by atoms with Gasteiger partial charge in [-0.15, -0.1) is 0 Å². The van der Waals surface area contributed by atoms with E-state index in [4.69, 9.17) is 4.74 Å². The van der Waals surface area contributed by atoms with Crippen LogP contribution in [0.1, 0.15) is 15.9 Å². The number of fused-ring (bicyclic) bond motifs is 1. The van der Waals surface area contributed by atoms with Crippen LogP contribution in [0.5, 0.6) is 5.75 Å². The van der Waals surface area contributed by atoms with E-state index in [0.29, 0.717) is 16.5 Å². The average molecular weight is 296 g/mol. The van der Waals surface area contributed by atoms with E-state index in [1.54, 1.807) is 6.07 Å². The molecule has 0 radical (unpaired) electrons. The van der Waals surface area contributed by atoms with Crippen LogP contribution in [-0.4, -0.2) is 11.1 Å². The molecule has 0 aliphatic carbocycles. The van der Waals surface area contributed by atoms with E-state index in [1.165, 1.54) is 24.3 Å². The van der Waals surface area contributed by atoms with Crippen LogP contribution in [0, 0.1) is 5.82 Å². The summed E-state index contributed by atoms with van der Waals surface area (Å²) in [6.45, 7) is 0.287.